The molecule has 0 aromatic heterocycles. The minimum absolute atomic E-state index is 0.333. The number of likely N-dealkylation sites (tertiary alicyclic amines) is 1. The van der Waals surface area contributed by atoms with Crippen LogP contribution in [0.4, 0.5) is 0 Å². The fraction of sp³-hybridized carbons (Fsp3) is 0.647. The Balaban J connectivity index is 1.99. The Labute approximate surface area is 123 Å². The van der Waals surface area contributed by atoms with Gasteiger partial charge in [0.15, 0.2) is 0 Å². The highest BCUT2D eigenvalue weighted by atomic mass is 16.5. The quantitative estimate of drug-likeness (QED) is 0.863. The average molecular weight is 276 g/mol. The number of benzene rings is 1. The summed E-state index contributed by atoms with van der Waals surface area (Å²) >= 11 is 0. The lowest BCUT2D eigenvalue weighted by Crippen LogP contribution is -2.46. The van der Waals surface area contributed by atoms with Crippen molar-refractivity contribution in [3.63, 3.8) is 0 Å². The number of hydrogen-bond donors (Lipinski definition) is 1. The molecule has 0 radical (unpaired) electrons. The summed E-state index contributed by atoms with van der Waals surface area (Å²) in [7, 11) is 0. The molecule has 1 aliphatic rings. The largest absolute Gasteiger partial charge is 0.494 e. The molecule has 1 N–H and O–H groups in total. The van der Waals surface area contributed by atoms with Crippen LogP contribution in [0.3, 0.4) is 0 Å². The molecule has 0 saturated carbocycles. The number of ether oxygens (including phenoxy) is 1. The van der Waals surface area contributed by atoms with Crippen molar-refractivity contribution in [1.29, 1.82) is 0 Å². The van der Waals surface area contributed by atoms with Crippen LogP contribution in [-0.4, -0.2) is 37.2 Å². The predicted molar refractivity (Wildman–Crippen MR) is 84.3 cm³/mol. The van der Waals surface area contributed by atoms with Gasteiger partial charge in [-0.3, -0.25) is 0 Å². The third-order valence-electron chi connectivity index (χ3n) is 4.12. The van der Waals surface area contributed by atoms with Crippen LogP contribution in [0.5, 0.6) is 5.75 Å². The molecule has 1 aliphatic heterocycles. The van der Waals surface area contributed by atoms with Gasteiger partial charge < -0.3 is 15.0 Å². The third kappa shape index (κ3) is 3.97. The van der Waals surface area contributed by atoms with Gasteiger partial charge >= 0.3 is 0 Å². The highest BCUT2D eigenvalue weighted by molar-refractivity contribution is 5.35. The monoisotopic (exact) mass is 276 g/mol. The molecule has 1 saturated heterocycles. The van der Waals surface area contributed by atoms with Crippen molar-refractivity contribution >= 4 is 0 Å². The van der Waals surface area contributed by atoms with Crippen LogP contribution in [0.15, 0.2) is 24.3 Å². The first-order chi connectivity index (χ1) is 9.74. The number of nitrogens with one attached hydrogen (secondary N) is 1. The second-order valence-electron chi connectivity index (χ2n) is 5.59. The molecular formula is C17H28N2O. The molecule has 0 spiro atoms. The van der Waals surface area contributed by atoms with Crippen molar-refractivity contribution < 1.29 is 4.74 Å². The summed E-state index contributed by atoms with van der Waals surface area (Å²) < 4.78 is 5.74. The Morgan fingerprint density at radius 1 is 1.35 bits per heavy atom. The van der Waals surface area contributed by atoms with Crippen LogP contribution >= 0.6 is 0 Å². The van der Waals surface area contributed by atoms with Gasteiger partial charge in [0.25, 0.3) is 0 Å². The maximum absolute atomic E-state index is 5.74. The number of piperidine rings is 1. The molecule has 2 unspecified atom stereocenters. The van der Waals surface area contributed by atoms with Gasteiger partial charge in [-0.1, -0.05) is 25.1 Å². The summed E-state index contributed by atoms with van der Waals surface area (Å²) in [4.78, 5) is 2.53. The molecule has 1 fully saturated rings. The zero-order valence-corrected chi connectivity index (χ0v) is 13.1. The Kier molecular flexibility index (Phi) is 5.86. The van der Waals surface area contributed by atoms with E-state index in [1.165, 1.54) is 24.9 Å². The summed E-state index contributed by atoms with van der Waals surface area (Å²) in [6.07, 6.45) is 2.57. The Morgan fingerprint density at radius 3 is 2.90 bits per heavy atom. The van der Waals surface area contributed by atoms with E-state index < -0.39 is 0 Å². The van der Waals surface area contributed by atoms with Gasteiger partial charge in [-0.2, -0.15) is 0 Å². The Morgan fingerprint density at radius 2 is 2.15 bits per heavy atom. The van der Waals surface area contributed by atoms with Crippen molar-refractivity contribution in [2.45, 2.75) is 45.7 Å². The van der Waals surface area contributed by atoms with Gasteiger partial charge in [0, 0.05) is 24.2 Å². The van der Waals surface area contributed by atoms with Crippen LogP contribution in [0, 0.1) is 0 Å². The first-order valence-corrected chi connectivity index (χ1v) is 7.94. The lowest BCUT2D eigenvalue weighted by atomic mass is 10.0. The van der Waals surface area contributed by atoms with E-state index in [9.17, 15) is 0 Å². The summed E-state index contributed by atoms with van der Waals surface area (Å²) in [6.45, 7) is 10.8. The molecule has 1 heterocycles. The maximum Gasteiger partial charge on any atom is 0.124 e. The molecule has 0 bridgehead atoms. The topological polar surface area (TPSA) is 24.5 Å². The number of para-hydroxylation sites is 1. The third-order valence-corrected chi connectivity index (χ3v) is 4.12. The van der Waals surface area contributed by atoms with Crippen LogP contribution in [0.25, 0.3) is 0 Å². The standard InChI is InChI=1S/C17H28N2O/c1-4-19-12-8-9-15(13-19)18-14(3)16-10-6-7-11-17(16)20-5-2/h6-7,10-11,14-15,18H,4-5,8-9,12-13H2,1-3H3. The van der Waals surface area contributed by atoms with Crippen molar-refractivity contribution in [3.05, 3.63) is 29.8 Å². The van der Waals surface area contributed by atoms with Crippen LogP contribution in [0.2, 0.25) is 0 Å². The van der Waals surface area contributed by atoms with Crippen molar-refractivity contribution in [2.24, 2.45) is 0 Å². The molecule has 2 rings (SSSR count). The van der Waals surface area contributed by atoms with E-state index in [0.717, 1.165) is 25.4 Å². The second kappa shape index (κ2) is 7.65. The first-order valence-electron chi connectivity index (χ1n) is 7.94. The van der Waals surface area contributed by atoms with E-state index >= 15 is 0 Å². The number of likely N-dealkylation sites (N-methyl/N-ethyl adjacent to an activating group) is 1. The van der Waals surface area contributed by atoms with Crippen LogP contribution in [0.1, 0.15) is 45.2 Å². The summed E-state index contributed by atoms with van der Waals surface area (Å²) in [5, 5.41) is 3.78. The zero-order chi connectivity index (χ0) is 14.4. The number of rotatable bonds is 6. The lowest BCUT2D eigenvalue weighted by Gasteiger charge is -2.34. The van der Waals surface area contributed by atoms with E-state index in [0.29, 0.717) is 12.1 Å². The molecule has 1 aromatic carbocycles. The predicted octanol–water partition coefficient (Wildman–Crippen LogP) is 3.22. The van der Waals surface area contributed by atoms with Gasteiger partial charge in [-0.15, -0.1) is 0 Å². The molecule has 2 atom stereocenters. The smallest absolute Gasteiger partial charge is 0.124 e. The van der Waals surface area contributed by atoms with Gasteiger partial charge in [0.2, 0.25) is 0 Å². The number of hydrogen-bond acceptors (Lipinski definition) is 3. The fourth-order valence-electron chi connectivity index (χ4n) is 3.05. The molecule has 112 valence electrons. The molecule has 3 heteroatoms. The van der Waals surface area contributed by atoms with Gasteiger partial charge in [-0.25, -0.2) is 0 Å². The van der Waals surface area contributed by atoms with E-state index in [1.807, 2.05) is 13.0 Å². The Bertz CT molecular complexity index is 408. The fourth-order valence-corrected chi connectivity index (χ4v) is 3.05. The average Bonchev–Trinajstić information content (AvgIpc) is 2.48. The first kappa shape index (κ1) is 15.3. The molecule has 0 aliphatic carbocycles. The van der Waals surface area contributed by atoms with Crippen LogP contribution in [-0.2, 0) is 0 Å². The highest BCUT2D eigenvalue weighted by Gasteiger charge is 2.21. The van der Waals surface area contributed by atoms with E-state index in [-0.39, 0.29) is 0 Å². The maximum atomic E-state index is 5.74. The minimum Gasteiger partial charge on any atom is -0.494 e. The summed E-state index contributed by atoms with van der Waals surface area (Å²) in [6, 6.07) is 9.29. The summed E-state index contributed by atoms with van der Waals surface area (Å²) in [5.41, 5.74) is 1.27. The summed E-state index contributed by atoms with van der Waals surface area (Å²) in [5.74, 6) is 1.01. The normalized spacial score (nSPS) is 21.6. The SMILES string of the molecule is CCOc1ccccc1C(C)NC1CCCN(CC)C1. The lowest BCUT2D eigenvalue weighted by molar-refractivity contribution is 0.191. The van der Waals surface area contributed by atoms with E-state index in [1.54, 1.807) is 0 Å². The zero-order valence-electron chi connectivity index (χ0n) is 13.1. The molecule has 3 nitrogen and oxygen atoms in total. The molecular weight excluding hydrogens is 248 g/mol. The van der Waals surface area contributed by atoms with Crippen molar-refractivity contribution in [3.8, 4) is 5.75 Å². The van der Waals surface area contributed by atoms with Gasteiger partial charge in [0.1, 0.15) is 5.75 Å². The highest BCUT2D eigenvalue weighted by Crippen LogP contribution is 2.26. The molecule has 0 amide bonds. The minimum atomic E-state index is 0.333. The second-order valence-corrected chi connectivity index (χ2v) is 5.59. The van der Waals surface area contributed by atoms with Crippen molar-refractivity contribution in [1.82, 2.24) is 10.2 Å². The van der Waals surface area contributed by atoms with Crippen LogP contribution < -0.4 is 10.1 Å². The molecule has 20 heavy (non-hydrogen) atoms. The van der Waals surface area contributed by atoms with Gasteiger partial charge in [-0.05, 0) is 45.8 Å². The van der Waals surface area contributed by atoms with Gasteiger partial charge in [0.05, 0.1) is 6.61 Å². The van der Waals surface area contributed by atoms with E-state index in [2.05, 4.69) is 42.3 Å². The van der Waals surface area contributed by atoms with E-state index in [4.69, 9.17) is 4.74 Å². The number of nitrogens with zero attached hydrogens (tertiary/aromatic N) is 1. The van der Waals surface area contributed by atoms with Crippen molar-refractivity contribution in [2.75, 3.05) is 26.2 Å². The molecule has 1 aromatic rings. The Hall–Kier alpha value is -1.06.